The van der Waals surface area contributed by atoms with Gasteiger partial charge in [-0.2, -0.15) is 0 Å². The average molecular weight is 622 g/mol. The number of carbonyl (C=O) groups excluding carboxylic acids is 1. The zero-order valence-electron chi connectivity index (χ0n) is 29.3. The molecule has 0 fully saturated rings. The van der Waals surface area contributed by atoms with Gasteiger partial charge in [-0.25, -0.2) is 0 Å². The van der Waals surface area contributed by atoms with Crippen LogP contribution in [-0.4, -0.2) is 46.1 Å². The van der Waals surface area contributed by atoms with Crippen LogP contribution in [0.5, 0.6) is 0 Å². The quantitative estimate of drug-likeness (QED) is 0.0425. The van der Waals surface area contributed by atoms with Crippen LogP contribution in [0, 0.1) is 0 Å². The van der Waals surface area contributed by atoms with Crippen molar-refractivity contribution in [3.8, 4) is 0 Å². The predicted molar refractivity (Wildman–Crippen MR) is 190 cm³/mol. The molecule has 0 saturated carbocycles. The number of hydrogen-bond donors (Lipinski definition) is 4. The molecule has 4 N–H and O–H groups in total. The zero-order valence-corrected chi connectivity index (χ0v) is 29.3. The Bertz CT molecular complexity index is 650. The van der Waals surface area contributed by atoms with Crippen LogP contribution in [0.15, 0.2) is 24.3 Å². The Kier molecular flexibility index (Phi) is 33.8. The number of hydrogen-bond acceptors (Lipinski definition) is 4. The first kappa shape index (κ1) is 42.8. The molecule has 0 rings (SSSR count). The Morgan fingerprint density at radius 3 is 1.43 bits per heavy atom. The van der Waals surface area contributed by atoms with Crippen molar-refractivity contribution in [1.82, 2.24) is 5.32 Å². The fourth-order valence-electron chi connectivity index (χ4n) is 5.80. The van der Waals surface area contributed by atoms with Gasteiger partial charge in [-0.05, 0) is 32.1 Å². The third-order valence-electron chi connectivity index (χ3n) is 8.82. The molecule has 0 bridgehead atoms. The number of rotatable bonds is 34. The molecule has 0 aliphatic heterocycles. The molecule has 1 amide bonds. The van der Waals surface area contributed by atoms with E-state index < -0.39 is 18.2 Å². The molecule has 0 aliphatic carbocycles. The molecule has 0 aromatic carbocycles. The number of allylic oxidation sites excluding steroid dienone is 4. The second-order valence-corrected chi connectivity index (χ2v) is 13.1. The summed E-state index contributed by atoms with van der Waals surface area (Å²) in [4.78, 5) is 12.3. The summed E-state index contributed by atoms with van der Waals surface area (Å²) in [7, 11) is 0. The van der Waals surface area contributed by atoms with E-state index in [1.54, 1.807) is 0 Å². The SMILES string of the molecule is CCCCCCCC/C=C\C/C=C\CCC(=O)NC(CO)C(O)C(O)CCCCCCCCCCCCCCCCCCC. The second kappa shape index (κ2) is 34.7. The molecule has 0 radical (unpaired) electrons. The highest BCUT2D eigenvalue weighted by molar-refractivity contribution is 5.76. The first-order valence-electron chi connectivity index (χ1n) is 19.1. The monoisotopic (exact) mass is 622 g/mol. The normalized spacial score (nSPS) is 14.0. The molecule has 3 atom stereocenters. The van der Waals surface area contributed by atoms with Gasteiger partial charge in [0, 0.05) is 6.42 Å². The lowest BCUT2D eigenvalue weighted by Gasteiger charge is -2.26. The van der Waals surface area contributed by atoms with Crippen LogP contribution in [0.1, 0.15) is 194 Å². The Morgan fingerprint density at radius 1 is 0.568 bits per heavy atom. The maximum absolute atomic E-state index is 12.3. The van der Waals surface area contributed by atoms with Gasteiger partial charge in [0.1, 0.15) is 6.10 Å². The standard InChI is InChI=1S/C39H75NO4/c1-3-5-7-9-11-13-15-17-18-19-20-22-23-25-27-29-31-33-37(42)39(44)36(35-41)40-38(43)34-32-30-28-26-24-21-16-14-12-10-8-6-4-2/h21,24,28,30,36-37,39,41-42,44H,3-20,22-23,25-27,29,31-35H2,1-2H3,(H,40,43)/b24-21-,30-28-. The fraction of sp³-hybridized carbons (Fsp3) is 0.872. The van der Waals surface area contributed by atoms with Crippen molar-refractivity contribution in [1.29, 1.82) is 0 Å². The first-order chi connectivity index (χ1) is 21.6. The molecular weight excluding hydrogens is 546 g/mol. The van der Waals surface area contributed by atoms with E-state index in [4.69, 9.17) is 0 Å². The van der Waals surface area contributed by atoms with E-state index >= 15 is 0 Å². The summed E-state index contributed by atoms with van der Waals surface area (Å²) in [5.74, 6) is -0.212. The van der Waals surface area contributed by atoms with Gasteiger partial charge in [0.25, 0.3) is 0 Å². The van der Waals surface area contributed by atoms with Gasteiger partial charge in [0.2, 0.25) is 5.91 Å². The lowest BCUT2D eigenvalue weighted by atomic mass is 9.99. The van der Waals surface area contributed by atoms with Crippen molar-refractivity contribution in [2.24, 2.45) is 0 Å². The topological polar surface area (TPSA) is 89.8 Å². The number of aliphatic hydroxyl groups is 3. The van der Waals surface area contributed by atoms with Crippen LogP contribution >= 0.6 is 0 Å². The van der Waals surface area contributed by atoms with E-state index in [1.165, 1.54) is 128 Å². The molecule has 5 nitrogen and oxygen atoms in total. The van der Waals surface area contributed by atoms with Crippen molar-refractivity contribution in [3.63, 3.8) is 0 Å². The lowest BCUT2D eigenvalue weighted by molar-refractivity contribution is -0.124. The van der Waals surface area contributed by atoms with Gasteiger partial charge < -0.3 is 20.6 Å². The molecule has 5 heteroatoms. The van der Waals surface area contributed by atoms with Gasteiger partial charge >= 0.3 is 0 Å². The molecule has 0 saturated heterocycles. The van der Waals surface area contributed by atoms with Gasteiger partial charge in [-0.1, -0.05) is 179 Å². The smallest absolute Gasteiger partial charge is 0.220 e. The van der Waals surface area contributed by atoms with E-state index in [2.05, 4.69) is 37.4 Å². The van der Waals surface area contributed by atoms with E-state index in [0.29, 0.717) is 19.3 Å². The molecule has 260 valence electrons. The summed E-state index contributed by atoms with van der Waals surface area (Å²) in [5, 5.41) is 33.3. The van der Waals surface area contributed by atoms with Crippen LogP contribution in [0.3, 0.4) is 0 Å². The van der Waals surface area contributed by atoms with Crippen LogP contribution < -0.4 is 5.32 Å². The second-order valence-electron chi connectivity index (χ2n) is 13.1. The van der Waals surface area contributed by atoms with Crippen LogP contribution in [0.2, 0.25) is 0 Å². The minimum absolute atomic E-state index is 0.212. The molecule has 44 heavy (non-hydrogen) atoms. The number of carbonyl (C=O) groups is 1. The van der Waals surface area contributed by atoms with Gasteiger partial charge in [-0.15, -0.1) is 0 Å². The highest BCUT2D eigenvalue weighted by Crippen LogP contribution is 2.16. The number of unbranched alkanes of at least 4 members (excludes halogenated alkanes) is 22. The Hall–Kier alpha value is -1.17. The Balaban J connectivity index is 3.73. The van der Waals surface area contributed by atoms with Gasteiger partial charge in [-0.3, -0.25) is 4.79 Å². The molecule has 0 aromatic heterocycles. The summed E-state index contributed by atoms with van der Waals surface area (Å²) >= 11 is 0. The minimum atomic E-state index is -1.16. The summed E-state index contributed by atoms with van der Waals surface area (Å²) in [6.45, 7) is 4.13. The number of nitrogens with one attached hydrogen (secondary N) is 1. The van der Waals surface area contributed by atoms with Crippen LogP contribution in [-0.2, 0) is 4.79 Å². The van der Waals surface area contributed by atoms with Gasteiger partial charge in [0.05, 0.1) is 18.8 Å². The summed E-state index contributed by atoms with van der Waals surface area (Å²) in [6, 6.07) is -0.836. The number of amides is 1. The molecule has 0 heterocycles. The van der Waals surface area contributed by atoms with Crippen LogP contribution in [0.4, 0.5) is 0 Å². The van der Waals surface area contributed by atoms with Gasteiger partial charge in [0.15, 0.2) is 0 Å². The highest BCUT2D eigenvalue weighted by atomic mass is 16.3. The van der Waals surface area contributed by atoms with Crippen molar-refractivity contribution in [2.45, 2.75) is 212 Å². The largest absolute Gasteiger partial charge is 0.394 e. The number of aliphatic hydroxyl groups excluding tert-OH is 3. The molecule has 0 spiro atoms. The lowest BCUT2D eigenvalue weighted by Crippen LogP contribution is -2.50. The van der Waals surface area contributed by atoms with Crippen molar-refractivity contribution in [2.75, 3.05) is 6.61 Å². The fourth-order valence-corrected chi connectivity index (χ4v) is 5.80. The maximum atomic E-state index is 12.3. The van der Waals surface area contributed by atoms with E-state index in [9.17, 15) is 20.1 Å². The first-order valence-corrected chi connectivity index (χ1v) is 19.1. The highest BCUT2D eigenvalue weighted by Gasteiger charge is 2.26. The van der Waals surface area contributed by atoms with Crippen molar-refractivity contribution in [3.05, 3.63) is 24.3 Å². The molecule has 3 unspecified atom stereocenters. The van der Waals surface area contributed by atoms with E-state index in [0.717, 1.165) is 32.1 Å². The van der Waals surface area contributed by atoms with E-state index in [-0.39, 0.29) is 12.5 Å². The Morgan fingerprint density at radius 2 is 0.977 bits per heavy atom. The molecule has 0 aromatic rings. The van der Waals surface area contributed by atoms with Crippen molar-refractivity contribution >= 4 is 5.91 Å². The Labute approximate surface area is 273 Å². The van der Waals surface area contributed by atoms with E-state index in [1.807, 2.05) is 6.08 Å². The molecule has 0 aliphatic rings. The minimum Gasteiger partial charge on any atom is -0.394 e. The summed E-state index contributed by atoms with van der Waals surface area (Å²) in [6.07, 6.45) is 40.0. The summed E-state index contributed by atoms with van der Waals surface area (Å²) in [5.41, 5.74) is 0. The third-order valence-corrected chi connectivity index (χ3v) is 8.82. The maximum Gasteiger partial charge on any atom is 0.220 e. The average Bonchev–Trinajstić information content (AvgIpc) is 3.03. The molecular formula is C39H75NO4. The summed E-state index contributed by atoms with van der Waals surface area (Å²) < 4.78 is 0. The third kappa shape index (κ3) is 29.5. The zero-order chi connectivity index (χ0) is 32.4. The predicted octanol–water partition coefficient (Wildman–Crippen LogP) is 10.3. The van der Waals surface area contributed by atoms with Crippen LogP contribution in [0.25, 0.3) is 0 Å². The van der Waals surface area contributed by atoms with Crippen molar-refractivity contribution < 1.29 is 20.1 Å².